The number of nitrogens with two attached hydrogens (primary N) is 2. The Balaban J connectivity index is 2.91. The van der Waals surface area contributed by atoms with Crippen LogP contribution in [0.3, 0.4) is 0 Å². The van der Waals surface area contributed by atoms with E-state index in [1.165, 1.54) is 12.1 Å². The molecule has 0 aliphatic heterocycles. The first-order valence-electron chi connectivity index (χ1n) is 6.05. The number of hydrogen-bond acceptors (Lipinski definition) is 5. The molecular weight excluding hydrogens is 264 g/mol. The normalized spacial score (nSPS) is 16.9. The third-order valence-corrected chi connectivity index (χ3v) is 3.18. The van der Waals surface area contributed by atoms with Gasteiger partial charge < -0.3 is 26.8 Å². The van der Waals surface area contributed by atoms with Crippen molar-refractivity contribution in [3.05, 3.63) is 35.9 Å². The smallest absolute Gasteiger partial charge is 0.342 e. The van der Waals surface area contributed by atoms with Gasteiger partial charge in [-0.1, -0.05) is 30.3 Å². The van der Waals surface area contributed by atoms with Crippen molar-refractivity contribution < 1.29 is 24.9 Å². The molecule has 0 spiro atoms. The van der Waals surface area contributed by atoms with Crippen LogP contribution in [-0.4, -0.2) is 39.3 Å². The highest BCUT2D eigenvalue weighted by atomic mass is 16.4. The number of carboxylic acid groups (broad SMARTS) is 2. The Bertz CT molecular complexity index is 479. The molecule has 0 heterocycles. The van der Waals surface area contributed by atoms with Crippen LogP contribution in [0.15, 0.2) is 30.3 Å². The summed E-state index contributed by atoms with van der Waals surface area (Å²) in [4.78, 5) is 22.0. The first-order valence-corrected chi connectivity index (χ1v) is 6.05. The number of rotatable bonds is 7. The zero-order valence-electron chi connectivity index (χ0n) is 10.8. The van der Waals surface area contributed by atoms with Crippen molar-refractivity contribution in [1.29, 1.82) is 0 Å². The number of aliphatic hydroxyl groups is 1. The van der Waals surface area contributed by atoms with E-state index >= 15 is 0 Å². The molecule has 0 aliphatic rings. The molecule has 2 unspecified atom stereocenters. The molecule has 7 nitrogen and oxygen atoms in total. The van der Waals surface area contributed by atoms with Crippen LogP contribution in [0.2, 0.25) is 0 Å². The average molecular weight is 282 g/mol. The highest BCUT2D eigenvalue weighted by molar-refractivity contribution is 5.80. The molecule has 1 aromatic carbocycles. The van der Waals surface area contributed by atoms with Gasteiger partial charge in [-0.3, -0.25) is 4.79 Å². The minimum Gasteiger partial charge on any atom is -0.480 e. The number of benzene rings is 1. The fourth-order valence-corrected chi connectivity index (χ4v) is 1.88. The summed E-state index contributed by atoms with van der Waals surface area (Å²) in [5.41, 5.74) is 8.96. The van der Waals surface area contributed by atoms with Gasteiger partial charge in [0.25, 0.3) is 0 Å². The largest absolute Gasteiger partial charge is 0.480 e. The summed E-state index contributed by atoms with van der Waals surface area (Å²) >= 11 is 0. The van der Waals surface area contributed by atoms with Gasteiger partial charge in [-0.15, -0.1) is 0 Å². The average Bonchev–Trinajstić information content (AvgIpc) is 2.43. The molecule has 0 saturated carbocycles. The second-order valence-electron chi connectivity index (χ2n) is 4.57. The number of aliphatic carboxylic acids is 2. The molecular formula is C13H18N2O5. The van der Waals surface area contributed by atoms with Gasteiger partial charge in [0.15, 0.2) is 0 Å². The molecule has 110 valence electrons. The summed E-state index contributed by atoms with van der Waals surface area (Å²) in [5.74, 6) is -2.68. The quantitative estimate of drug-likeness (QED) is 0.452. The third-order valence-electron chi connectivity index (χ3n) is 3.18. The predicted molar refractivity (Wildman–Crippen MR) is 70.8 cm³/mol. The van der Waals surface area contributed by atoms with E-state index in [1.807, 2.05) is 0 Å². The van der Waals surface area contributed by atoms with E-state index in [-0.39, 0.29) is 18.4 Å². The topological polar surface area (TPSA) is 147 Å². The van der Waals surface area contributed by atoms with Crippen molar-refractivity contribution in [2.75, 3.05) is 0 Å². The van der Waals surface area contributed by atoms with E-state index in [2.05, 4.69) is 0 Å². The summed E-state index contributed by atoms with van der Waals surface area (Å²) in [7, 11) is 0. The van der Waals surface area contributed by atoms with Gasteiger partial charge in [0.05, 0.1) is 0 Å². The Hall–Kier alpha value is -1.96. The van der Waals surface area contributed by atoms with Gasteiger partial charge in [-0.05, 0) is 18.4 Å². The zero-order valence-corrected chi connectivity index (χ0v) is 10.8. The maximum absolute atomic E-state index is 11.4. The van der Waals surface area contributed by atoms with E-state index in [1.54, 1.807) is 18.2 Å². The zero-order chi connectivity index (χ0) is 15.3. The monoisotopic (exact) mass is 282 g/mol. The molecule has 0 radical (unpaired) electrons. The molecule has 0 amide bonds. The summed E-state index contributed by atoms with van der Waals surface area (Å²) in [5, 5.41) is 28.3. The minimum atomic E-state index is -2.28. The van der Waals surface area contributed by atoms with E-state index in [0.29, 0.717) is 0 Å². The number of carboxylic acids is 2. The Kier molecular flexibility index (Phi) is 5.20. The Morgan fingerprint density at radius 1 is 1.10 bits per heavy atom. The predicted octanol–water partition coefficient (Wildman–Crippen LogP) is -0.522. The van der Waals surface area contributed by atoms with Gasteiger partial charge in [0.2, 0.25) is 5.60 Å². The Morgan fingerprint density at radius 3 is 2.10 bits per heavy atom. The third kappa shape index (κ3) is 3.32. The molecule has 7 heteroatoms. The molecule has 0 bridgehead atoms. The highest BCUT2D eigenvalue weighted by Crippen LogP contribution is 2.27. The SMILES string of the molecule is NC(CC[C@H](N)C(=O)O)C(O)(C(=O)O)c1ccccc1. The van der Waals surface area contributed by atoms with Crippen molar-refractivity contribution >= 4 is 11.9 Å². The summed E-state index contributed by atoms with van der Waals surface area (Å²) in [6.07, 6.45) is -0.0654. The molecule has 0 aliphatic carbocycles. The maximum atomic E-state index is 11.4. The van der Waals surface area contributed by atoms with Crippen LogP contribution in [0.5, 0.6) is 0 Å². The Labute approximate surface area is 115 Å². The van der Waals surface area contributed by atoms with E-state index in [4.69, 9.17) is 16.6 Å². The van der Waals surface area contributed by atoms with Gasteiger partial charge in [0.1, 0.15) is 6.04 Å². The lowest BCUT2D eigenvalue weighted by molar-refractivity contribution is -0.162. The lowest BCUT2D eigenvalue weighted by atomic mass is 9.84. The standard InChI is InChI=1S/C13H18N2O5/c14-9(11(16)17)6-7-10(15)13(20,12(18)19)8-4-2-1-3-5-8/h1-5,9-10,20H,6-7,14-15H2,(H,16,17)(H,18,19)/t9-,10?,13?/m0/s1. The molecule has 1 rings (SSSR count). The van der Waals surface area contributed by atoms with Crippen molar-refractivity contribution in [3.63, 3.8) is 0 Å². The van der Waals surface area contributed by atoms with Gasteiger partial charge >= 0.3 is 11.9 Å². The van der Waals surface area contributed by atoms with Gasteiger partial charge in [0, 0.05) is 6.04 Å². The highest BCUT2D eigenvalue weighted by Gasteiger charge is 2.44. The van der Waals surface area contributed by atoms with Crippen LogP contribution in [0.25, 0.3) is 0 Å². The molecule has 0 aromatic heterocycles. The van der Waals surface area contributed by atoms with Crippen LogP contribution in [0, 0.1) is 0 Å². The van der Waals surface area contributed by atoms with Crippen LogP contribution in [-0.2, 0) is 15.2 Å². The van der Waals surface area contributed by atoms with Crippen LogP contribution in [0.1, 0.15) is 18.4 Å². The fraction of sp³-hybridized carbons (Fsp3) is 0.385. The van der Waals surface area contributed by atoms with E-state index in [9.17, 15) is 19.8 Å². The van der Waals surface area contributed by atoms with Gasteiger partial charge in [-0.25, -0.2) is 4.79 Å². The Morgan fingerprint density at radius 2 is 1.65 bits per heavy atom. The van der Waals surface area contributed by atoms with Crippen molar-refractivity contribution in [2.24, 2.45) is 11.5 Å². The molecule has 0 fully saturated rings. The molecule has 7 N–H and O–H groups in total. The second kappa shape index (κ2) is 6.47. The summed E-state index contributed by atoms with van der Waals surface area (Å²) in [6.45, 7) is 0. The first kappa shape index (κ1) is 16.1. The van der Waals surface area contributed by atoms with Crippen molar-refractivity contribution in [1.82, 2.24) is 0 Å². The molecule has 20 heavy (non-hydrogen) atoms. The van der Waals surface area contributed by atoms with Gasteiger partial charge in [-0.2, -0.15) is 0 Å². The van der Waals surface area contributed by atoms with E-state index in [0.717, 1.165) is 0 Å². The van der Waals surface area contributed by atoms with Crippen LogP contribution in [0.4, 0.5) is 0 Å². The number of carbonyl (C=O) groups is 2. The van der Waals surface area contributed by atoms with E-state index < -0.39 is 29.6 Å². The second-order valence-corrected chi connectivity index (χ2v) is 4.57. The van der Waals surface area contributed by atoms with Crippen molar-refractivity contribution in [3.8, 4) is 0 Å². The molecule has 3 atom stereocenters. The molecule has 1 aromatic rings. The lowest BCUT2D eigenvalue weighted by Gasteiger charge is -2.30. The minimum absolute atomic E-state index is 0.0288. The fourth-order valence-electron chi connectivity index (χ4n) is 1.88. The number of hydrogen-bond donors (Lipinski definition) is 5. The lowest BCUT2D eigenvalue weighted by Crippen LogP contribution is -2.52. The molecule has 0 saturated heterocycles. The summed E-state index contributed by atoms with van der Waals surface area (Å²) < 4.78 is 0. The van der Waals surface area contributed by atoms with Crippen LogP contribution < -0.4 is 11.5 Å². The first-order chi connectivity index (χ1) is 9.30. The maximum Gasteiger partial charge on any atom is 0.342 e. The van der Waals surface area contributed by atoms with Crippen molar-refractivity contribution in [2.45, 2.75) is 30.5 Å². The van der Waals surface area contributed by atoms with Crippen LogP contribution >= 0.6 is 0 Å². The summed E-state index contributed by atoms with van der Waals surface area (Å²) in [6, 6.07) is 5.42.